The minimum atomic E-state index is 0.0654. The summed E-state index contributed by atoms with van der Waals surface area (Å²) in [4.78, 5) is 43.2. The van der Waals surface area contributed by atoms with Crippen LogP contribution in [0.15, 0.2) is 0 Å². The van der Waals surface area contributed by atoms with E-state index < -0.39 is 0 Å². The minimum Gasteiger partial charge on any atom is -0.342 e. The third-order valence-corrected chi connectivity index (χ3v) is 6.34. The Labute approximate surface area is 156 Å². The zero-order valence-electron chi connectivity index (χ0n) is 16.3. The summed E-state index contributed by atoms with van der Waals surface area (Å²) in [5, 5.41) is 0. The van der Waals surface area contributed by atoms with Crippen LogP contribution in [0.2, 0.25) is 0 Å². The molecular weight excluding hydrogens is 330 g/mol. The molecular formula is C20H33N3O3. The van der Waals surface area contributed by atoms with Gasteiger partial charge < -0.3 is 14.7 Å². The number of rotatable bonds is 3. The van der Waals surface area contributed by atoms with Gasteiger partial charge in [-0.25, -0.2) is 0 Å². The molecule has 0 spiro atoms. The largest absolute Gasteiger partial charge is 0.342 e. The first-order valence-corrected chi connectivity index (χ1v) is 10.3. The van der Waals surface area contributed by atoms with Gasteiger partial charge in [0.1, 0.15) is 0 Å². The van der Waals surface area contributed by atoms with E-state index in [0.29, 0.717) is 25.9 Å². The maximum absolute atomic E-state index is 13.0. The second kappa shape index (κ2) is 8.40. The average molecular weight is 364 g/mol. The van der Waals surface area contributed by atoms with Crippen molar-refractivity contribution >= 4 is 17.7 Å². The quantitative estimate of drug-likeness (QED) is 0.772. The maximum Gasteiger partial charge on any atom is 0.224 e. The lowest BCUT2D eigenvalue weighted by Crippen LogP contribution is -2.66. The number of carbonyl (C=O) groups is 3. The van der Waals surface area contributed by atoms with E-state index in [1.807, 2.05) is 21.6 Å². The predicted molar refractivity (Wildman–Crippen MR) is 99.4 cm³/mol. The number of likely N-dealkylation sites (tertiary alicyclic amines) is 1. The zero-order valence-corrected chi connectivity index (χ0v) is 16.3. The molecule has 3 aliphatic rings. The van der Waals surface area contributed by atoms with Crippen molar-refractivity contribution in [3.8, 4) is 0 Å². The van der Waals surface area contributed by atoms with Gasteiger partial charge in [-0.3, -0.25) is 14.4 Å². The lowest BCUT2D eigenvalue weighted by atomic mass is 9.84. The molecule has 2 saturated heterocycles. The van der Waals surface area contributed by atoms with Crippen LogP contribution >= 0.6 is 0 Å². The van der Waals surface area contributed by atoms with E-state index in [9.17, 15) is 14.4 Å². The molecule has 146 valence electrons. The van der Waals surface area contributed by atoms with Gasteiger partial charge in [-0.2, -0.15) is 0 Å². The number of piperazine rings is 1. The normalized spacial score (nSPS) is 30.0. The van der Waals surface area contributed by atoms with Crippen molar-refractivity contribution in [1.29, 1.82) is 0 Å². The van der Waals surface area contributed by atoms with Crippen LogP contribution in [0, 0.1) is 0 Å². The molecule has 1 saturated carbocycles. The Morgan fingerprint density at radius 2 is 1.77 bits per heavy atom. The molecule has 3 amide bonds. The molecule has 3 rings (SSSR count). The van der Waals surface area contributed by atoms with Crippen molar-refractivity contribution in [1.82, 2.24) is 14.7 Å². The Hall–Kier alpha value is -1.59. The van der Waals surface area contributed by atoms with E-state index in [2.05, 4.69) is 0 Å². The lowest BCUT2D eigenvalue weighted by molar-refractivity contribution is -0.153. The number of hydrogen-bond donors (Lipinski definition) is 0. The van der Waals surface area contributed by atoms with Gasteiger partial charge in [0.15, 0.2) is 0 Å². The van der Waals surface area contributed by atoms with E-state index in [0.717, 1.165) is 51.5 Å². The van der Waals surface area contributed by atoms with Crippen LogP contribution in [0.25, 0.3) is 0 Å². The van der Waals surface area contributed by atoms with Crippen LogP contribution in [-0.2, 0) is 14.4 Å². The molecule has 0 N–H and O–H groups in total. The Bertz CT molecular complexity index is 550. The van der Waals surface area contributed by atoms with Gasteiger partial charge >= 0.3 is 0 Å². The maximum atomic E-state index is 13.0. The smallest absolute Gasteiger partial charge is 0.224 e. The van der Waals surface area contributed by atoms with Gasteiger partial charge in [-0.15, -0.1) is 0 Å². The van der Waals surface area contributed by atoms with Crippen LogP contribution in [0.4, 0.5) is 0 Å². The number of fused-ring (bicyclic) bond motifs is 1. The van der Waals surface area contributed by atoms with Crippen LogP contribution in [-0.4, -0.2) is 70.2 Å². The highest BCUT2D eigenvalue weighted by molar-refractivity contribution is 5.80. The molecule has 2 aliphatic heterocycles. The first kappa shape index (κ1) is 19.2. The number of carbonyl (C=O) groups excluding carboxylic acids is 3. The lowest BCUT2D eigenvalue weighted by Gasteiger charge is -2.52. The monoisotopic (exact) mass is 363 g/mol. The van der Waals surface area contributed by atoms with Gasteiger partial charge in [0.25, 0.3) is 0 Å². The number of nitrogens with zero attached hydrogens (tertiary/aromatic N) is 3. The SMILES string of the molecule is CC(=O)N1C2CCCCC2N(C(=O)CCN2CCCCCC2=O)C[C@@H]1C. The van der Waals surface area contributed by atoms with Crippen LogP contribution in [0.1, 0.15) is 71.6 Å². The van der Waals surface area contributed by atoms with Gasteiger partial charge in [-0.1, -0.05) is 19.3 Å². The zero-order chi connectivity index (χ0) is 18.7. The molecule has 6 heteroatoms. The van der Waals surface area contributed by atoms with E-state index in [4.69, 9.17) is 0 Å². The first-order chi connectivity index (χ1) is 12.5. The third-order valence-electron chi connectivity index (χ3n) is 6.34. The standard InChI is InChI=1S/C20H33N3O3/c1-15-14-22(17-8-5-6-9-18(17)23(15)16(2)24)20(26)11-13-21-12-7-3-4-10-19(21)25/h15,17-18H,3-14H2,1-2H3/t15-,17?,18?/m0/s1. The van der Waals surface area contributed by atoms with Crippen molar-refractivity contribution in [2.45, 2.75) is 89.8 Å². The fourth-order valence-corrected chi connectivity index (χ4v) is 5.09. The molecule has 2 unspecified atom stereocenters. The summed E-state index contributed by atoms with van der Waals surface area (Å²) in [6.07, 6.45) is 8.35. The molecule has 26 heavy (non-hydrogen) atoms. The molecule has 0 radical (unpaired) electrons. The molecule has 0 aromatic rings. The Kier molecular flexibility index (Phi) is 6.20. The van der Waals surface area contributed by atoms with E-state index in [1.54, 1.807) is 6.92 Å². The molecule has 0 aromatic heterocycles. The summed E-state index contributed by atoms with van der Waals surface area (Å²) in [5.41, 5.74) is 0. The van der Waals surface area contributed by atoms with Crippen molar-refractivity contribution < 1.29 is 14.4 Å². The van der Waals surface area contributed by atoms with E-state index in [-0.39, 0.29) is 35.8 Å². The summed E-state index contributed by atoms with van der Waals surface area (Å²) < 4.78 is 0. The molecule has 3 fully saturated rings. The van der Waals surface area contributed by atoms with E-state index >= 15 is 0 Å². The summed E-state index contributed by atoms with van der Waals surface area (Å²) in [7, 11) is 0. The molecule has 1 aliphatic carbocycles. The van der Waals surface area contributed by atoms with Crippen molar-refractivity contribution in [2.24, 2.45) is 0 Å². The fourth-order valence-electron chi connectivity index (χ4n) is 5.09. The fraction of sp³-hybridized carbons (Fsp3) is 0.850. The highest BCUT2D eigenvalue weighted by atomic mass is 16.2. The summed E-state index contributed by atoms with van der Waals surface area (Å²) in [6.45, 7) is 5.63. The van der Waals surface area contributed by atoms with Gasteiger partial charge in [0, 0.05) is 45.4 Å². The van der Waals surface area contributed by atoms with Crippen LogP contribution in [0.5, 0.6) is 0 Å². The van der Waals surface area contributed by atoms with Crippen LogP contribution in [0.3, 0.4) is 0 Å². The second-order valence-corrected chi connectivity index (χ2v) is 8.18. The van der Waals surface area contributed by atoms with Gasteiger partial charge in [0.2, 0.25) is 17.7 Å². The summed E-state index contributed by atoms with van der Waals surface area (Å²) in [6, 6.07) is 0.376. The van der Waals surface area contributed by atoms with Crippen molar-refractivity contribution in [3.63, 3.8) is 0 Å². The Morgan fingerprint density at radius 1 is 1.04 bits per heavy atom. The van der Waals surface area contributed by atoms with Crippen LogP contribution < -0.4 is 0 Å². The minimum absolute atomic E-state index is 0.0654. The van der Waals surface area contributed by atoms with Gasteiger partial charge in [-0.05, 0) is 32.6 Å². The van der Waals surface area contributed by atoms with Crippen molar-refractivity contribution in [3.05, 3.63) is 0 Å². The second-order valence-electron chi connectivity index (χ2n) is 8.18. The summed E-state index contributed by atoms with van der Waals surface area (Å²) >= 11 is 0. The molecule has 2 heterocycles. The number of amides is 3. The molecule has 0 bridgehead atoms. The third kappa shape index (κ3) is 4.04. The Balaban J connectivity index is 1.64. The highest BCUT2D eigenvalue weighted by Gasteiger charge is 2.43. The topological polar surface area (TPSA) is 60.9 Å². The molecule has 6 nitrogen and oxygen atoms in total. The Morgan fingerprint density at radius 3 is 2.50 bits per heavy atom. The highest BCUT2D eigenvalue weighted by Crippen LogP contribution is 2.33. The predicted octanol–water partition coefficient (Wildman–Crippen LogP) is 2.17. The molecule has 0 aromatic carbocycles. The number of hydrogen-bond acceptors (Lipinski definition) is 3. The summed E-state index contributed by atoms with van der Waals surface area (Å²) in [5.74, 6) is 0.464. The molecule has 3 atom stereocenters. The van der Waals surface area contributed by atoms with E-state index in [1.165, 1.54) is 0 Å². The average Bonchev–Trinajstić information content (AvgIpc) is 2.82. The van der Waals surface area contributed by atoms with Crippen molar-refractivity contribution in [2.75, 3.05) is 19.6 Å². The first-order valence-electron chi connectivity index (χ1n) is 10.3. The van der Waals surface area contributed by atoms with Gasteiger partial charge in [0.05, 0.1) is 12.1 Å².